The van der Waals surface area contributed by atoms with Crippen molar-refractivity contribution in [3.8, 4) is 11.5 Å². The van der Waals surface area contributed by atoms with Crippen molar-refractivity contribution >= 4 is 34.6 Å². The summed E-state index contributed by atoms with van der Waals surface area (Å²) < 4.78 is 10.9. The Bertz CT molecular complexity index is 649. The Morgan fingerprint density at radius 2 is 1.91 bits per heavy atom. The molecule has 0 radical (unpaired) electrons. The molecule has 2 aromatic carbocycles. The Morgan fingerprint density at radius 3 is 2.61 bits per heavy atom. The molecule has 23 heavy (non-hydrogen) atoms. The predicted molar refractivity (Wildman–Crippen MR) is 98.8 cm³/mol. The van der Waals surface area contributed by atoms with Crippen molar-refractivity contribution in [1.29, 1.82) is 0 Å². The monoisotopic (exact) mass is 350 g/mol. The Hall–Kier alpha value is -1.98. The molecule has 0 aliphatic rings. The number of hydrogen-bond acceptors (Lipinski definition) is 3. The fourth-order valence-electron chi connectivity index (χ4n) is 1.85. The zero-order valence-electron chi connectivity index (χ0n) is 13.1. The first-order chi connectivity index (χ1) is 11.1. The zero-order valence-corrected chi connectivity index (χ0v) is 14.7. The number of rotatable bonds is 6. The molecule has 2 rings (SSSR count). The lowest BCUT2D eigenvalue weighted by atomic mass is 10.3. The summed E-state index contributed by atoms with van der Waals surface area (Å²) in [4.78, 5) is 1.92. The average Bonchev–Trinajstić information content (AvgIpc) is 2.56. The smallest absolute Gasteiger partial charge is 0.173 e. The number of halogens is 1. The number of nitrogens with one attached hydrogen (secondary N) is 1. The topological polar surface area (TPSA) is 33.7 Å². The molecule has 0 aliphatic heterocycles. The first-order valence-electron chi connectivity index (χ1n) is 7.13. The van der Waals surface area contributed by atoms with Crippen molar-refractivity contribution < 1.29 is 9.47 Å². The molecule has 0 aliphatic carbocycles. The summed E-state index contributed by atoms with van der Waals surface area (Å²) in [6, 6.07) is 14.9. The van der Waals surface area contributed by atoms with Gasteiger partial charge in [0.15, 0.2) is 5.11 Å². The highest BCUT2D eigenvalue weighted by molar-refractivity contribution is 7.80. The second kappa shape index (κ2) is 8.60. The minimum absolute atomic E-state index is 0.526. The van der Waals surface area contributed by atoms with E-state index >= 15 is 0 Å². The lowest BCUT2D eigenvalue weighted by Crippen LogP contribution is -2.34. The molecule has 0 saturated heterocycles. The summed E-state index contributed by atoms with van der Waals surface area (Å²) in [5.41, 5.74) is 0.889. The van der Waals surface area contributed by atoms with Gasteiger partial charge in [0.05, 0.1) is 13.7 Å². The van der Waals surface area contributed by atoms with Gasteiger partial charge in [-0.1, -0.05) is 17.7 Å². The van der Waals surface area contributed by atoms with E-state index in [4.69, 9.17) is 33.3 Å². The van der Waals surface area contributed by atoms with Crippen LogP contribution >= 0.6 is 23.8 Å². The van der Waals surface area contributed by atoms with Gasteiger partial charge < -0.3 is 19.7 Å². The van der Waals surface area contributed by atoms with E-state index in [1.54, 1.807) is 19.2 Å². The molecule has 0 bridgehead atoms. The van der Waals surface area contributed by atoms with Gasteiger partial charge in [-0.15, -0.1) is 0 Å². The van der Waals surface area contributed by atoms with Crippen LogP contribution < -0.4 is 14.8 Å². The Morgan fingerprint density at radius 1 is 1.17 bits per heavy atom. The summed E-state index contributed by atoms with van der Waals surface area (Å²) in [5.74, 6) is 1.57. The van der Waals surface area contributed by atoms with Crippen molar-refractivity contribution in [3.63, 3.8) is 0 Å². The zero-order chi connectivity index (χ0) is 16.7. The predicted octanol–water partition coefficient (Wildman–Crippen LogP) is 4.06. The standard InChI is InChI=1S/C17H19ClN2O2S/c1-20(10-11-22-15-8-6-13(18)7-9-15)17(23)19-14-4-3-5-16(12-14)21-2/h3-9,12H,10-11H2,1-2H3,(H,19,23). The molecular formula is C17H19ClN2O2S. The molecular weight excluding hydrogens is 332 g/mol. The van der Waals surface area contributed by atoms with Crippen LogP contribution in [0.5, 0.6) is 11.5 Å². The van der Waals surface area contributed by atoms with Gasteiger partial charge >= 0.3 is 0 Å². The third-order valence-corrected chi connectivity index (χ3v) is 3.84. The molecule has 0 unspecified atom stereocenters. The summed E-state index contributed by atoms with van der Waals surface area (Å²) in [5, 5.41) is 4.49. The fourth-order valence-corrected chi connectivity index (χ4v) is 2.19. The van der Waals surface area contributed by atoms with E-state index in [1.165, 1.54) is 0 Å². The van der Waals surface area contributed by atoms with Crippen LogP contribution in [0.3, 0.4) is 0 Å². The minimum Gasteiger partial charge on any atom is -0.497 e. The Kier molecular flexibility index (Phi) is 6.50. The van der Waals surface area contributed by atoms with Gasteiger partial charge in [-0.25, -0.2) is 0 Å². The van der Waals surface area contributed by atoms with E-state index in [0.717, 1.165) is 17.2 Å². The third kappa shape index (κ3) is 5.62. The number of methoxy groups -OCH3 is 1. The van der Waals surface area contributed by atoms with Crippen LogP contribution in [0.4, 0.5) is 5.69 Å². The van der Waals surface area contributed by atoms with E-state index in [-0.39, 0.29) is 0 Å². The van der Waals surface area contributed by atoms with Crippen LogP contribution in [-0.4, -0.2) is 37.3 Å². The van der Waals surface area contributed by atoms with Crippen molar-refractivity contribution in [2.75, 3.05) is 32.6 Å². The van der Waals surface area contributed by atoms with Crippen LogP contribution in [0.2, 0.25) is 5.02 Å². The van der Waals surface area contributed by atoms with Gasteiger partial charge in [0.25, 0.3) is 0 Å². The second-order valence-electron chi connectivity index (χ2n) is 4.89. The van der Waals surface area contributed by atoms with Crippen LogP contribution in [0.1, 0.15) is 0 Å². The number of benzene rings is 2. The first-order valence-corrected chi connectivity index (χ1v) is 7.91. The number of anilines is 1. The largest absolute Gasteiger partial charge is 0.497 e. The van der Waals surface area contributed by atoms with E-state index in [1.807, 2.05) is 48.3 Å². The number of nitrogens with zero attached hydrogens (tertiary/aromatic N) is 1. The summed E-state index contributed by atoms with van der Waals surface area (Å²) in [6.07, 6.45) is 0. The molecule has 2 aromatic rings. The molecule has 0 heterocycles. The van der Waals surface area contributed by atoms with Gasteiger partial charge in [0, 0.05) is 23.8 Å². The number of likely N-dealkylation sites (N-methyl/N-ethyl adjacent to an activating group) is 1. The molecule has 0 amide bonds. The SMILES string of the molecule is COc1cccc(NC(=S)N(C)CCOc2ccc(Cl)cc2)c1. The lowest BCUT2D eigenvalue weighted by molar-refractivity contribution is 0.285. The van der Waals surface area contributed by atoms with Gasteiger partial charge in [0.2, 0.25) is 0 Å². The maximum atomic E-state index is 5.84. The molecule has 1 N–H and O–H groups in total. The molecule has 0 fully saturated rings. The number of ether oxygens (including phenoxy) is 2. The first kappa shape index (κ1) is 17.4. The van der Waals surface area contributed by atoms with Gasteiger partial charge in [-0.3, -0.25) is 0 Å². The summed E-state index contributed by atoms with van der Waals surface area (Å²) in [7, 11) is 3.55. The highest BCUT2D eigenvalue weighted by Gasteiger charge is 2.05. The molecule has 0 saturated carbocycles. The summed E-state index contributed by atoms with van der Waals surface area (Å²) in [6.45, 7) is 1.19. The van der Waals surface area contributed by atoms with E-state index in [2.05, 4.69) is 5.32 Å². The van der Waals surface area contributed by atoms with Gasteiger partial charge in [0.1, 0.15) is 18.1 Å². The molecule has 122 valence electrons. The van der Waals surface area contributed by atoms with Crippen LogP contribution in [0, 0.1) is 0 Å². The van der Waals surface area contributed by atoms with Gasteiger partial charge in [-0.2, -0.15) is 0 Å². The van der Waals surface area contributed by atoms with E-state index in [0.29, 0.717) is 23.3 Å². The van der Waals surface area contributed by atoms with Crippen LogP contribution in [0.25, 0.3) is 0 Å². The highest BCUT2D eigenvalue weighted by atomic mass is 35.5. The quantitative estimate of drug-likeness (QED) is 0.795. The van der Waals surface area contributed by atoms with E-state index in [9.17, 15) is 0 Å². The van der Waals surface area contributed by atoms with E-state index < -0.39 is 0 Å². The molecule has 4 nitrogen and oxygen atoms in total. The molecule has 0 spiro atoms. The fraction of sp³-hybridized carbons (Fsp3) is 0.235. The van der Waals surface area contributed by atoms with Crippen molar-refractivity contribution in [2.24, 2.45) is 0 Å². The Labute approximate surface area is 147 Å². The number of thiocarbonyl (C=S) groups is 1. The molecule has 0 aromatic heterocycles. The average molecular weight is 351 g/mol. The Balaban J connectivity index is 1.79. The van der Waals surface area contributed by atoms with Gasteiger partial charge in [-0.05, 0) is 48.6 Å². The highest BCUT2D eigenvalue weighted by Crippen LogP contribution is 2.17. The van der Waals surface area contributed by atoms with Crippen molar-refractivity contribution in [2.45, 2.75) is 0 Å². The van der Waals surface area contributed by atoms with Crippen molar-refractivity contribution in [1.82, 2.24) is 4.90 Å². The number of hydrogen-bond donors (Lipinski definition) is 1. The lowest BCUT2D eigenvalue weighted by Gasteiger charge is -2.21. The molecule has 6 heteroatoms. The van der Waals surface area contributed by atoms with Crippen molar-refractivity contribution in [3.05, 3.63) is 53.6 Å². The normalized spacial score (nSPS) is 10.0. The third-order valence-electron chi connectivity index (χ3n) is 3.18. The maximum Gasteiger partial charge on any atom is 0.173 e. The van der Waals surface area contributed by atoms with Crippen LogP contribution in [-0.2, 0) is 0 Å². The van der Waals surface area contributed by atoms with Crippen LogP contribution in [0.15, 0.2) is 48.5 Å². The molecule has 0 atom stereocenters. The summed E-state index contributed by atoms with van der Waals surface area (Å²) >= 11 is 11.2. The minimum atomic E-state index is 0.526. The second-order valence-corrected chi connectivity index (χ2v) is 5.71. The maximum absolute atomic E-state index is 5.84.